The highest BCUT2D eigenvalue weighted by Gasteiger charge is 2.53. The standard InChI is InChI=1S/C27H33NO8/c1-5-28(6-2)7-8-33-26-17-12-20-19(35-14-36-20)11-16(17)23(24-18(26)13-34-27(24)30)15-9-21(31-3)25(29)22(10-15)32-4/h9-12,18,23-24,26,29H,5-8,13-14H2,1-4H3/t18-,23-,24-,26-/m1/s1. The van der Waals surface area contributed by atoms with Gasteiger partial charge in [0.15, 0.2) is 23.0 Å². The molecule has 1 aliphatic carbocycles. The van der Waals surface area contributed by atoms with Crippen LogP contribution in [0.3, 0.4) is 0 Å². The molecule has 194 valence electrons. The van der Waals surface area contributed by atoms with Crippen molar-refractivity contribution in [1.29, 1.82) is 0 Å². The minimum Gasteiger partial charge on any atom is -0.502 e. The molecular formula is C27H33NO8. The van der Waals surface area contributed by atoms with E-state index < -0.39 is 5.92 Å². The number of aromatic hydroxyl groups is 1. The third-order valence-electron chi connectivity index (χ3n) is 7.58. The Hall–Kier alpha value is -3.17. The molecule has 0 bridgehead atoms. The second-order valence-corrected chi connectivity index (χ2v) is 9.22. The molecule has 0 unspecified atom stereocenters. The second-order valence-electron chi connectivity index (χ2n) is 9.22. The first kappa shape index (κ1) is 24.5. The number of carbonyl (C=O) groups excluding carboxylic acids is 1. The highest BCUT2D eigenvalue weighted by Crippen LogP contribution is 2.56. The molecule has 0 aromatic heterocycles. The van der Waals surface area contributed by atoms with Crippen molar-refractivity contribution in [3.8, 4) is 28.7 Å². The molecule has 3 aliphatic rings. The molecule has 9 nitrogen and oxygen atoms in total. The maximum absolute atomic E-state index is 13.2. The van der Waals surface area contributed by atoms with Crippen molar-refractivity contribution >= 4 is 5.97 Å². The van der Waals surface area contributed by atoms with Gasteiger partial charge in [0.25, 0.3) is 0 Å². The van der Waals surface area contributed by atoms with E-state index in [0.717, 1.165) is 36.3 Å². The Morgan fingerprint density at radius 1 is 0.972 bits per heavy atom. The van der Waals surface area contributed by atoms with Crippen molar-refractivity contribution in [2.24, 2.45) is 11.8 Å². The normalized spacial score (nSPS) is 23.9. The number of hydrogen-bond acceptors (Lipinski definition) is 9. The molecule has 1 saturated heterocycles. The van der Waals surface area contributed by atoms with Crippen LogP contribution in [0.5, 0.6) is 28.7 Å². The molecule has 2 heterocycles. The predicted octanol–water partition coefficient (Wildman–Crippen LogP) is 3.47. The lowest BCUT2D eigenvalue weighted by atomic mass is 9.66. The van der Waals surface area contributed by atoms with Crippen LogP contribution >= 0.6 is 0 Å². The molecule has 36 heavy (non-hydrogen) atoms. The zero-order chi connectivity index (χ0) is 25.4. The monoisotopic (exact) mass is 499 g/mol. The van der Waals surface area contributed by atoms with Gasteiger partial charge in [0.05, 0.1) is 39.5 Å². The Morgan fingerprint density at radius 3 is 2.22 bits per heavy atom. The van der Waals surface area contributed by atoms with Crippen molar-refractivity contribution in [2.45, 2.75) is 25.9 Å². The SMILES string of the molecule is CCN(CC)CCO[C@@H]1c2cc3c(cc2[C@@H](c2cc(OC)c(O)c(OC)c2)[C@@H]2C(=O)OC[C@H]21)OCO3. The molecule has 2 aromatic carbocycles. The number of fused-ring (bicyclic) bond motifs is 3. The van der Waals surface area contributed by atoms with E-state index in [4.69, 9.17) is 28.4 Å². The number of carbonyl (C=O) groups is 1. The van der Waals surface area contributed by atoms with Gasteiger partial charge in [-0.25, -0.2) is 0 Å². The summed E-state index contributed by atoms with van der Waals surface area (Å²) in [5.74, 6) is 0.441. The number of benzene rings is 2. The van der Waals surface area contributed by atoms with Crippen molar-refractivity contribution in [3.63, 3.8) is 0 Å². The van der Waals surface area contributed by atoms with Crippen molar-refractivity contribution < 1.29 is 38.3 Å². The van der Waals surface area contributed by atoms with Crippen LogP contribution in [0, 0.1) is 11.8 Å². The topological polar surface area (TPSA) is 95.9 Å². The van der Waals surface area contributed by atoms with E-state index in [2.05, 4.69) is 18.7 Å². The highest BCUT2D eigenvalue weighted by molar-refractivity contribution is 5.79. The first-order valence-corrected chi connectivity index (χ1v) is 12.4. The van der Waals surface area contributed by atoms with E-state index in [1.54, 1.807) is 12.1 Å². The quantitative estimate of drug-likeness (QED) is 0.520. The average Bonchev–Trinajstić information content (AvgIpc) is 3.51. The number of esters is 1. The Labute approximate surface area is 210 Å². The van der Waals surface area contributed by atoms with Gasteiger partial charge in [-0.1, -0.05) is 13.8 Å². The number of rotatable bonds is 9. The smallest absolute Gasteiger partial charge is 0.310 e. The molecule has 0 spiro atoms. The largest absolute Gasteiger partial charge is 0.502 e. The third kappa shape index (κ3) is 4.10. The van der Waals surface area contributed by atoms with Crippen molar-refractivity contribution in [2.75, 3.05) is 53.9 Å². The Morgan fingerprint density at radius 2 is 1.61 bits per heavy atom. The summed E-state index contributed by atoms with van der Waals surface area (Å²) in [7, 11) is 2.97. The molecule has 0 radical (unpaired) electrons. The van der Waals surface area contributed by atoms with Gasteiger partial charge in [0.2, 0.25) is 12.5 Å². The zero-order valence-corrected chi connectivity index (χ0v) is 21.1. The van der Waals surface area contributed by atoms with Crippen molar-refractivity contribution in [3.05, 3.63) is 41.0 Å². The van der Waals surface area contributed by atoms with E-state index in [1.807, 2.05) is 12.1 Å². The number of phenols is 1. The van der Waals surface area contributed by atoms with Crippen LogP contribution in [0.1, 0.15) is 42.6 Å². The molecule has 1 fully saturated rings. The molecule has 4 atom stereocenters. The zero-order valence-electron chi connectivity index (χ0n) is 21.1. The van der Waals surface area contributed by atoms with Gasteiger partial charge in [0, 0.05) is 18.4 Å². The third-order valence-corrected chi connectivity index (χ3v) is 7.58. The van der Waals surface area contributed by atoms with Gasteiger partial charge < -0.3 is 38.4 Å². The van der Waals surface area contributed by atoms with Crippen LogP contribution in [-0.2, 0) is 14.3 Å². The predicted molar refractivity (Wildman–Crippen MR) is 130 cm³/mol. The lowest BCUT2D eigenvalue weighted by Crippen LogP contribution is -2.37. The van der Waals surface area contributed by atoms with Gasteiger partial charge in [-0.3, -0.25) is 4.79 Å². The molecule has 5 rings (SSSR count). The van der Waals surface area contributed by atoms with Crippen LogP contribution in [0.15, 0.2) is 24.3 Å². The number of hydrogen-bond donors (Lipinski definition) is 1. The van der Waals surface area contributed by atoms with E-state index in [0.29, 0.717) is 18.1 Å². The van der Waals surface area contributed by atoms with Crippen LogP contribution in [0.25, 0.3) is 0 Å². The minimum atomic E-state index is -0.477. The summed E-state index contributed by atoms with van der Waals surface area (Å²) >= 11 is 0. The van der Waals surface area contributed by atoms with E-state index in [1.165, 1.54) is 14.2 Å². The first-order chi connectivity index (χ1) is 17.5. The van der Waals surface area contributed by atoms with Gasteiger partial charge in [-0.2, -0.15) is 0 Å². The van der Waals surface area contributed by atoms with Gasteiger partial charge in [0.1, 0.15) is 0 Å². The first-order valence-electron chi connectivity index (χ1n) is 12.4. The number of cyclic esters (lactones) is 1. The molecule has 9 heteroatoms. The fourth-order valence-electron chi connectivity index (χ4n) is 5.67. The summed E-state index contributed by atoms with van der Waals surface area (Å²) in [5.41, 5.74) is 2.63. The van der Waals surface area contributed by atoms with Crippen molar-refractivity contribution in [1.82, 2.24) is 4.90 Å². The van der Waals surface area contributed by atoms with Crippen LogP contribution in [0.4, 0.5) is 0 Å². The fraction of sp³-hybridized carbons (Fsp3) is 0.519. The number of ether oxygens (including phenoxy) is 6. The van der Waals surface area contributed by atoms with E-state index in [-0.39, 0.29) is 54.6 Å². The number of methoxy groups -OCH3 is 2. The highest BCUT2D eigenvalue weighted by atomic mass is 16.7. The molecular weight excluding hydrogens is 466 g/mol. The maximum Gasteiger partial charge on any atom is 0.310 e. The Kier molecular flexibility index (Phi) is 6.85. The summed E-state index contributed by atoms with van der Waals surface area (Å²) in [6, 6.07) is 7.42. The molecule has 0 amide bonds. The summed E-state index contributed by atoms with van der Waals surface area (Å²) in [6.45, 7) is 7.89. The molecule has 1 N–H and O–H groups in total. The summed E-state index contributed by atoms with van der Waals surface area (Å²) in [6.07, 6.45) is -0.335. The Bertz CT molecular complexity index is 1110. The van der Waals surface area contributed by atoms with Gasteiger partial charge in [-0.05, 0) is 54.0 Å². The molecule has 2 aromatic rings. The maximum atomic E-state index is 13.2. The Balaban J connectivity index is 1.62. The fourth-order valence-corrected chi connectivity index (χ4v) is 5.67. The second kappa shape index (κ2) is 10.1. The summed E-state index contributed by atoms with van der Waals surface area (Å²) < 4.78 is 34.3. The number of likely N-dealkylation sites (N-methyl/N-ethyl adjacent to an activating group) is 1. The summed E-state index contributed by atoms with van der Waals surface area (Å²) in [4.78, 5) is 15.5. The van der Waals surface area contributed by atoms with Crippen LogP contribution < -0.4 is 18.9 Å². The summed E-state index contributed by atoms with van der Waals surface area (Å²) in [5, 5.41) is 10.5. The number of nitrogens with zero attached hydrogens (tertiary/aromatic N) is 1. The lowest BCUT2D eigenvalue weighted by Gasteiger charge is -2.39. The van der Waals surface area contributed by atoms with E-state index in [9.17, 15) is 9.90 Å². The van der Waals surface area contributed by atoms with Crippen LogP contribution in [0.2, 0.25) is 0 Å². The van der Waals surface area contributed by atoms with Gasteiger partial charge in [-0.15, -0.1) is 0 Å². The van der Waals surface area contributed by atoms with Crippen LogP contribution in [-0.4, -0.2) is 69.8 Å². The molecule has 0 saturated carbocycles. The van der Waals surface area contributed by atoms with Gasteiger partial charge >= 0.3 is 5.97 Å². The average molecular weight is 500 g/mol. The lowest BCUT2D eigenvalue weighted by molar-refractivity contribution is -0.141. The van der Waals surface area contributed by atoms with E-state index >= 15 is 0 Å². The minimum absolute atomic E-state index is 0.0892. The number of phenolic OH excluding ortho intramolecular Hbond substituents is 1. The molecule has 2 aliphatic heterocycles.